The van der Waals surface area contributed by atoms with Gasteiger partial charge in [-0.2, -0.15) is 0 Å². The van der Waals surface area contributed by atoms with Gasteiger partial charge in [-0.05, 0) is 0 Å². The summed E-state index contributed by atoms with van der Waals surface area (Å²) in [4.78, 5) is 0. The summed E-state index contributed by atoms with van der Waals surface area (Å²) in [6.45, 7) is 4.60. The smallest absolute Gasteiger partial charge is 0.0533 e. The van der Waals surface area contributed by atoms with Crippen molar-refractivity contribution >= 4 is 0 Å². The zero-order valence-corrected chi connectivity index (χ0v) is 16.1. The third-order valence-corrected chi connectivity index (χ3v) is 4.71. The van der Waals surface area contributed by atoms with Crippen LogP contribution in [0.5, 0.6) is 0 Å². The molecule has 0 aliphatic carbocycles. The third-order valence-electron chi connectivity index (χ3n) is 4.71. The lowest BCUT2D eigenvalue weighted by molar-refractivity contribution is 0.524. The molecule has 0 radical (unpaired) electrons. The summed E-state index contributed by atoms with van der Waals surface area (Å²) in [5.74, 6) is 0. The van der Waals surface area contributed by atoms with Gasteiger partial charge >= 0.3 is 0 Å². The Morgan fingerprint density at radius 2 is 0.409 bits per heavy atom. The van der Waals surface area contributed by atoms with Crippen LogP contribution in [0.15, 0.2) is 0 Å². The highest BCUT2D eigenvalue weighted by molar-refractivity contribution is 4.50. The fourth-order valence-corrected chi connectivity index (χ4v) is 3.15. The fourth-order valence-electron chi connectivity index (χ4n) is 3.15. The van der Waals surface area contributed by atoms with Gasteiger partial charge in [0.15, 0.2) is 0 Å². The van der Waals surface area contributed by atoms with Crippen LogP contribution in [0.3, 0.4) is 0 Å². The number of rotatable bonds is 18. The molecule has 0 aromatic rings. The van der Waals surface area contributed by atoms with E-state index in [1.807, 2.05) is 0 Å². The average Bonchev–Trinajstić information content (AvgIpc) is 2.50. The predicted molar refractivity (Wildman–Crippen MR) is 104 cm³/mol. The molecule has 0 aromatic carbocycles. The summed E-state index contributed by atoms with van der Waals surface area (Å²) in [5, 5.41) is 0. The molecular weight excluding hydrogens is 266 g/mol. The molecule has 0 fully saturated rings. The molecule has 22 heavy (non-hydrogen) atoms. The standard InChI is InChI=1S/C21H44.H3N/c1-3-5-7-9-11-13-15-17-19-21-20-18-16-14-12-10-8-6-4-2;/h3-21H2,1-2H3;1H3. The molecule has 0 bridgehead atoms. The third kappa shape index (κ3) is 22.2. The fraction of sp³-hybridized carbons (Fsp3) is 1.00. The minimum atomic E-state index is 0. The lowest BCUT2D eigenvalue weighted by Gasteiger charge is -2.03. The zero-order valence-electron chi connectivity index (χ0n) is 16.1. The van der Waals surface area contributed by atoms with Gasteiger partial charge < -0.3 is 6.15 Å². The van der Waals surface area contributed by atoms with Gasteiger partial charge in [-0.15, -0.1) is 0 Å². The summed E-state index contributed by atoms with van der Waals surface area (Å²) in [6, 6.07) is 0. The highest BCUT2D eigenvalue weighted by Crippen LogP contribution is 2.14. The molecule has 136 valence electrons. The van der Waals surface area contributed by atoms with E-state index in [1.165, 1.54) is 122 Å². The summed E-state index contributed by atoms with van der Waals surface area (Å²) in [6.07, 6.45) is 27.9. The van der Waals surface area contributed by atoms with Gasteiger partial charge in [-0.1, -0.05) is 136 Å². The first kappa shape index (κ1) is 24.2. The van der Waals surface area contributed by atoms with E-state index in [4.69, 9.17) is 0 Å². The van der Waals surface area contributed by atoms with Crippen molar-refractivity contribution in [3.63, 3.8) is 0 Å². The van der Waals surface area contributed by atoms with E-state index in [0.717, 1.165) is 0 Å². The minimum Gasteiger partial charge on any atom is -0.344 e. The largest absolute Gasteiger partial charge is 0.344 e. The van der Waals surface area contributed by atoms with Crippen LogP contribution < -0.4 is 6.15 Å². The first-order chi connectivity index (χ1) is 10.4. The molecule has 0 saturated carbocycles. The number of hydrogen-bond acceptors (Lipinski definition) is 1. The Bertz CT molecular complexity index is 149. The zero-order chi connectivity index (χ0) is 15.4. The maximum absolute atomic E-state index is 2.30. The molecule has 1 nitrogen and oxygen atoms in total. The van der Waals surface area contributed by atoms with Gasteiger partial charge in [0.25, 0.3) is 0 Å². The molecule has 0 spiro atoms. The van der Waals surface area contributed by atoms with Crippen LogP contribution in [0, 0.1) is 0 Å². The van der Waals surface area contributed by atoms with Crippen molar-refractivity contribution < 1.29 is 0 Å². The molecule has 0 rings (SSSR count). The molecular formula is C21H47N. The summed E-state index contributed by atoms with van der Waals surface area (Å²) in [7, 11) is 0. The van der Waals surface area contributed by atoms with Crippen LogP contribution in [0.1, 0.15) is 136 Å². The first-order valence-corrected chi connectivity index (χ1v) is 10.4. The van der Waals surface area contributed by atoms with Gasteiger partial charge in [-0.25, -0.2) is 0 Å². The Kier molecular flexibility index (Phi) is 25.6. The lowest BCUT2D eigenvalue weighted by atomic mass is 10.0. The van der Waals surface area contributed by atoms with E-state index in [1.54, 1.807) is 0 Å². The molecule has 0 amide bonds. The van der Waals surface area contributed by atoms with Crippen molar-refractivity contribution in [3.05, 3.63) is 0 Å². The van der Waals surface area contributed by atoms with Crippen molar-refractivity contribution in [3.8, 4) is 0 Å². The Morgan fingerprint density at radius 1 is 0.273 bits per heavy atom. The van der Waals surface area contributed by atoms with Gasteiger partial charge in [0, 0.05) is 0 Å². The van der Waals surface area contributed by atoms with Crippen molar-refractivity contribution in [2.75, 3.05) is 0 Å². The summed E-state index contributed by atoms with van der Waals surface area (Å²) >= 11 is 0. The van der Waals surface area contributed by atoms with Crippen LogP contribution in [0.25, 0.3) is 0 Å². The molecule has 0 saturated heterocycles. The molecule has 0 aromatic heterocycles. The highest BCUT2D eigenvalue weighted by Gasteiger charge is 1.94. The molecule has 0 atom stereocenters. The maximum atomic E-state index is 2.30. The van der Waals surface area contributed by atoms with Gasteiger partial charge in [0.1, 0.15) is 0 Å². The van der Waals surface area contributed by atoms with Crippen molar-refractivity contribution in [2.45, 2.75) is 136 Å². The summed E-state index contributed by atoms with van der Waals surface area (Å²) < 4.78 is 0. The van der Waals surface area contributed by atoms with Crippen LogP contribution in [0.4, 0.5) is 0 Å². The summed E-state index contributed by atoms with van der Waals surface area (Å²) in [5.41, 5.74) is 0. The average molecular weight is 314 g/mol. The van der Waals surface area contributed by atoms with Gasteiger partial charge in [-0.3, -0.25) is 0 Å². The lowest BCUT2D eigenvalue weighted by Crippen LogP contribution is -1.83. The Morgan fingerprint density at radius 3 is 0.545 bits per heavy atom. The molecule has 0 aliphatic heterocycles. The van der Waals surface area contributed by atoms with Crippen molar-refractivity contribution in [1.29, 1.82) is 0 Å². The normalized spacial score (nSPS) is 10.6. The van der Waals surface area contributed by atoms with E-state index >= 15 is 0 Å². The monoisotopic (exact) mass is 313 g/mol. The van der Waals surface area contributed by atoms with Crippen LogP contribution in [-0.4, -0.2) is 0 Å². The minimum absolute atomic E-state index is 0. The van der Waals surface area contributed by atoms with Gasteiger partial charge in [0.2, 0.25) is 0 Å². The topological polar surface area (TPSA) is 35.0 Å². The van der Waals surface area contributed by atoms with Crippen LogP contribution in [-0.2, 0) is 0 Å². The van der Waals surface area contributed by atoms with Crippen molar-refractivity contribution in [2.24, 2.45) is 0 Å². The molecule has 0 heterocycles. The first-order valence-electron chi connectivity index (χ1n) is 10.4. The second kappa shape index (κ2) is 23.2. The Labute approximate surface area is 142 Å². The van der Waals surface area contributed by atoms with Gasteiger partial charge in [0.05, 0.1) is 0 Å². The van der Waals surface area contributed by atoms with E-state index in [0.29, 0.717) is 0 Å². The SMILES string of the molecule is CCCCCCCCCCCCCCCCCCCCC.N. The van der Waals surface area contributed by atoms with E-state index in [2.05, 4.69) is 13.8 Å². The molecule has 0 aliphatic rings. The van der Waals surface area contributed by atoms with E-state index < -0.39 is 0 Å². The number of hydrogen-bond donors (Lipinski definition) is 1. The maximum Gasteiger partial charge on any atom is -0.0533 e. The Hall–Kier alpha value is -0.0400. The molecule has 0 unspecified atom stereocenters. The number of unbranched alkanes of at least 4 members (excludes halogenated alkanes) is 18. The molecule has 3 N–H and O–H groups in total. The second-order valence-electron chi connectivity index (χ2n) is 7.01. The van der Waals surface area contributed by atoms with Crippen LogP contribution in [0.2, 0.25) is 0 Å². The van der Waals surface area contributed by atoms with E-state index in [9.17, 15) is 0 Å². The highest BCUT2D eigenvalue weighted by atomic mass is 14.0. The second-order valence-corrected chi connectivity index (χ2v) is 7.01. The molecule has 1 heteroatoms. The Balaban J connectivity index is 0. The van der Waals surface area contributed by atoms with Crippen LogP contribution >= 0.6 is 0 Å². The predicted octanol–water partition coefficient (Wildman–Crippen LogP) is 8.60. The van der Waals surface area contributed by atoms with E-state index in [-0.39, 0.29) is 6.15 Å². The quantitative estimate of drug-likeness (QED) is 0.252. The van der Waals surface area contributed by atoms with Crippen molar-refractivity contribution in [1.82, 2.24) is 6.15 Å².